The van der Waals surface area contributed by atoms with E-state index in [1.54, 1.807) is 0 Å². The van der Waals surface area contributed by atoms with Crippen LogP contribution >= 0.6 is 0 Å². The second-order valence-electron chi connectivity index (χ2n) is 6.43. The van der Waals surface area contributed by atoms with E-state index in [0.717, 1.165) is 43.3 Å². The molecular weight excluding hydrogens is 264 g/mol. The third kappa shape index (κ3) is 3.83. The Morgan fingerprint density at radius 3 is 2.43 bits per heavy atom. The van der Waals surface area contributed by atoms with Crippen LogP contribution in [0.2, 0.25) is 0 Å². The molecule has 6 heteroatoms. The van der Waals surface area contributed by atoms with Crippen molar-refractivity contribution < 1.29 is 0 Å². The van der Waals surface area contributed by atoms with Crippen LogP contribution in [0.1, 0.15) is 38.1 Å². The van der Waals surface area contributed by atoms with Gasteiger partial charge in [0, 0.05) is 18.5 Å². The highest BCUT2D eigenvalue weighted by Crippen LogP contribution is 2.31. The number of aryl methyl sites for hydroxylation is 1. The molecule has 0 atom stereocenters. The van der Waals surface area contributed by atoms with Gasteiger partial charge in [-0.2, -0.15) is 0 Å². The lowest BCUT2D eigenvalue weighted by Gasteiger charge is -2.38. The first-order chi connectivity index (χ1) is 9.97. The molecule has 0 aliphatic carbocycles. The summed E-state index contributed by atoms with van der Waals surface area (Å²) < 4.78 is 0. The maximum absolute atomic E-state index is 5.55. The van der Waals surface area contributed by atoms with Crippen molar-refractivity contribution in [2.24, 2.45) is 11.3 Å². The average Bonchev–Trinajstić information content (AvgIpc) is 2.49. The van der Waals surface area contributed by atoms with Gasteiger partial charge >= 0.3 is 0 Å². The van der Waals surface area contributed by atoms with Crippen LogP contribution in [0.3, 0.4) is 0 Å². The fourth-order valence-corrected chi connectivity index (χ4v) is 2.67. The van der Waals surface area contributed by atoms with E-state index in [-0.39, 0.29) is 0 Å². The van der Waals surface area contributed by atoms with Crippen LogP contribution in [0.15, 0.2) is 0 Å². The lowest BCUT2D eigenvalue weighted by Crippen LogP contribution is -2.40. The number of anilines is 2. The van der Waals surface area contributed by atoms with Crippen LogP contribution in [0, 0.1) is 12.3 Å². The second-order valence-corrected chi connectivity index (χ2v) is 6.43. The molecule has 6 nitrogen and oxygen atoms in total. The molecular formula is C15H28N6. The summed E-state index contributed by atoms with van der Waals surface area (Å²) in [4.78, 5) is 11.4. The summed E-state index contributed by atoms with van der Waals surface area (Å²) in [7, 11) is 2.19. The number of nitrogens with two attached hydrogens (primary N) is 1. The van der Waals surface area contributed by atoms with E-state index in [9.17, 15) is 0 Å². The second kappa shape index (κ2) is 6.58. The van der Waals surface area contributed by atoms with E-state index >= 15 is 0 Å². The Kier molecular flexibility index (Phi) is 5.00. The molecule has 2 heterocycles. The van der Waals surface area contributed by atoms with Crippen LogP contribution in [-0.4, -0.2) is 41.5 Å². The van der Waals surface area contributed by atoms with E-state index in [1.807, 2.05) is 13.8 Å². The average molecular weight is 292 g/mol. The Morgan fingerprint density at radius 1 is 1.24 bits per heavy atom. The van der Waals surface area contributed by atoms with Crippen LogP contribution in [0.5, 0.6) is 0 Å². The molecule has 1 aliphatic heterocycles. The fourth-order valence-electron chi connectivity index (χ4n) is 2.67. The van der Waals surface area contributed by atoms with Gasteiger partial charge in [0.2, 0.25) is 0 Å². The molecule has 0 saturated carbocycles. The fraction of sp³-hybridized carbons (Fsp3) is 0.733. The molecule has 4 N–H and O–H groups in total. The van der Waals surface area contributed by atoms with Crippen LogP contribution in [0.4, 0.5) is 11.6 Å². The summed E-state index contributed by atoms with van der Waals surface area (Å²) in [6.45, 7) is 9.66. The minimum absolute atomic E-state index is 0.326. The highest BCUT2D eigenvalue weighted by molar-refractivity contribution is 5.56. The predicted molar refractivity (Wildman–Crippen MR) is 87.3 cm³/mol. The summed E-state index contributed by atoms with van der Waals surface area (Å²) >= 11 is 0. The normalized spacial score (nSPS) is 18.5. The minimum atomic E-state index is 0.326. The summed E-state index contributed by atoms with van der Waals surface area (Å²) in [6.07, 6.45) is 3.22. The van der Waals surface area contributed by atoms with Crippen molar-refractivity contribution in [1.82, 2.24) is 14.9 Å². The molecule has 1 aliphatic rings. The van der Waals surface area contributed by atoms with Gasteiger partial charge in [0.15, 0.2) is 0 Å². The molecule has 0 radical (unpaired) electrons. The van der Waals surface area contributed by atoms with Crippen molar-refractivity contribution >= 4 is 11.6 Å². The molecule has 1 aromatic rings. The molecule has 21 heavy (non-hydrogen) atoms. The van der Waals surface area contributed by atoms with E-state index in [4.69, 9.17) is 5.84 Å². The number of rotatable bonds is 5. The number of nitrogen functional groups attached to an aromatic ring is 1. The predicted octanol–water partition coefficient (Wildman–Crippen LogP) is 1.78. The summed E-state index contributed by atoms with van der Waals surface area (Å²) in [5, 5.41) is 3.52. The number of nitrogens with one attached hydrogen (secondary N) is 2. The monoisotopic (exact) mass is 292 g/mol. The number of hydrogen-bond donors (Lipinski definition) is 3. The van der Waals surface area contributed by atoms with Gasteiger partial charge in [0.1, 0.15) is 17.5 Å². The lowest BCUT2D eigenvalue weighted by atomic mass is 9.80. The SMILES string of the molecule is CCc1nc(NN)c(C)c(NCC2(C)CCN(C)CC2)n1. The third-order valence-electron chi connectivity index (χ3n) is 4.52. The smallest absolute Gasteiger partial charge is 0.148 e. The first-order valence-corrected chi connectivity index (χ1v) is 7.74. The Labute approximate surface area is 127 Å². The van der Waals surface area contributed by atoms with E-state index in [0.29, 0.717) is 11.2 Å². The van der Waals surface area contributed by atoms with Crippen molar-refractivity contribution in [3.05, 3.63) is 11.4 Å². The van der Waals surface area contributed by atoms with Crippen LogP contribution in [0.25, 0.3) is 0 Å². The largest absolute Gasteiger partial charge is 0.369 e. The highest BCUT2D eigenvalue weighted by Gasteiger charge is 2.29. The first-order valence-electron chi connectivity index (χ1n) is 7.74. The molecule has 1 fully saturated rings. The Morgan fingerprint density at radius 2 is 1.86 bits per heavy atom. The van der Waals surface area contributed by atoms with Gasteiger partial charge in [-0.1, -0.05) is 13.8 Å². The molecule has 0 spiro atoms. The number of aromatic nitrogens is 2. The standard InChI is InChI=1S/C15H28N6/c1-5-12-18-13(11(2)14(19-12)20-16)17-10-15(3)6-8-21(4)9-7-15/h5-10,16H2,1-4H3,(H2,17,18,19,20). The molecule has 0 aromatic carbocycles. The topological polar surface area (TPSA) is 79.1 Å². The van der Waals surface area contributed by atoms with Gasteiger partial charge in [-0.3, -0.25) is 0 Å². The van der Waals surface area contributed by atoms with E-state index in [1.165, 1.54) is 12.8 Å². The number of nitrogens with zero attached hydrogens (tertiary/aromatic N) is 3. The highest BCUT2D eigenvalue weighted by atomic mass is 15.3. The maximum Gasteiger partial charge on any atom is 0.148 e. The zero-order valence-electron chi connectivity index (χ0n) is 13.7. The Hall–Kier alpha value is -1.40. The molecule has 0 bridgehead atoms. The molecule has 2 rings (SSSR count). The molecule has 0 unspecified atom stereocenters. The minimum Gasteiger partial charge on any atom is -0.369 e. The lowest BCUT2D eigenvalue weighted by molar-refractivity contribution is 0.150. The van der Waals surface area contributed by atoms with Crippen molar-refractivity contribution in [3.8, 4) is 0 Å². The van der Waals surface area contributed by atoms with E-state index in [2.05, 4.69) is 39.6 Å². The van der Waals surface area contributed by atoms with Gasteiger partial charge in [-0.25, -0.2) is 15.8 Å². The molecule has 0 amide bonds. The zero-order valence-corrected chi connectivity index (χ0v) is 13.7. The number of likely N-dealkylation sites (tertiary alicyclic amines) is 1. The Balaban J connectivity index is 2.09. The van der Waals surface area contributed by atoms with Crippen LogP contribution in [-0.2, 0) is 6.42 Å². The van der Waals surface area contributed by atoms with Gasteiger partial charge < -0.3 is 15.6 Å². The number of hydrogen-bond acceptors (Lipinski definition) is 6. The van der Waals surface area contributed by atoms with Gasteiger partial charge in [-0.05, 0) is 45.3 Å². The molecule has 118 valence electrons. The van der Waals surface area contributed by atoms with Gasteiger partial charge in [0.25, 0.3) is 0 Å². The van der Waals surface area contributed by atoms with Gasteiger partial charge in [0.05, 0.1) is 0 Å². The van der Waals surface area contributed by atoms with Crippen LogP contribution < -0.4 is 16.6 Å². The van der Waals surface area contributed by atoms with Crippen molar-refractivity contribution in [2.45, 2.75) is 40.0 Å². The Bertz CT molecular complexity index is 479. The van der Waals surface area contributed by atoms with Gasteiger partial charge in [-0.15, -0.1) is 0 Å². The zero-order chi connectivity index (χ0) is 15.5. The third-order valence-corrected chi connectivity index (χ3v) is 4.52. The van der Waals surface area contributed by atoms with Crippen molar-refractivity contribution in [2.75, 3.05) is 37.4 Å². The summed E-state index contributed by atoms with van der Waals surface area (Å²) in [5.41, 5.74) is 3.97. The van der Waals surface area contributed by atoms with Crippen molar-refractivity contribution in [3.63, 3.8) is 0 Å². The molecule has 1 saturated heterocycles. The maximum atomic E-state index is 5.55. The quantitative estimate of drug-likeness (QED) is 0.567. The van der Waals surface area contributed by atoms with Crippen molar-refractivity contribution in [1.29, 1.82) is 0 Å². The number of piperidine rings is 1. The summed E-state index contributed by atoms with van der Waals surface area (Å²) in [6, 6.07) is 0. The summed E-state index contributed by atoms with van der Waals surface area (Å²) in [5.74, 6) is 7.96. The first kappa shape index (κ1) is 16.0. The van der Waals surface area contributed by atoms with E-state index < -0.39 is 0 Å². The molecule has 1 aromatic heterocycles. The number of hydrazine groups is 1.